The van der Waals surface area contributed by atoms with Crippen LogP contribution in [0.4, 0.5) is 0 Å². The quantitative estimate of drug-likeness (QED) is 0.696. The largest absolute Gasteiger partial charge is 0.382 e. The fourth-order valence-corrected chi connectivity index (χ4v) is 1.30. The molecule has 0 aliphatic carbocycles. The minimum atomic E-state index is -0.0108. The number of hydrogen-bond donors (Lipinski definition) is 1. The summed E-state index contributed by atoms with van der Waals surface area (Å²) in [6.45, 7) is 6.24. The number of rotatable bonds is 7. The van der Waals surface area contributed by atoms with Crippen LogP contribution >= 0.6 is 0 Å². The molecule has 16 heavy (non-hydrogen) atoms. The van der Waals surface area contributed by atoms with Crippen LogP contribution in [0.3, 0.4) is 0 Å². The van der Waals surface area contributed by atoms with Gasteiger partial charge in [0.2, 0.25) is 5.91 Å². The normalized spacial score (nSPS) is 10.4. The van der Waals surface area contributed by atoms with Crippen molar-refractivity contribution >= 4 is 5.91 Å². The van der Waals surface area contributed by atoms with Crippen LogP contribution in [0, 0.1) is 6.92 Å². The maximum absolute atomic E-state index is 11.5. The Morgan fingerprint density at radius 2 is 2.44 bits per heavy atom. The van der Waals surface area contributed by atoms with Gasteiger partial charge in [0.25, 0.3) is 0 Å². The van der Waals surface area contributed by atoms with E-state index in [-0.39, 0.29) is 12.5 Å². The Balaban J connectivity index is 2.14. The van der Waals surface area contributed by atoms with Crippen molar-refractivity contribution < 1.29 is 9.53 Å². The zero-order chi connectivity index (χ0) is 11.8. The molecular formula is C11H19N3O2. The van der Waals surface area contributed by atoms with E-state index < -0.39 is 0 Å². The van der Waals surface area contributed by atoms with Gasteiger partial charge in [0.1, 0.15) is 6.54 Å². The second kappa shape index (κ2) is 7.00. The molecule has 0 fully saturated rings. The molecule has 1 heterocycles. The summed E-state index contributed by atoms with van der Waals surface area (Å²) in [7, 11) is 0. The van der Waals surface area contributed by atoms with Crippen LogP contribution in [-0.4, -0.2) is 35.4 Å². The molecule has 0 atom stereocenters. The van der Waals surface area contributed by atoms with E-state index in [1.54, 1.807) is 10.9 Å². The lowest BCUT2D eigenvalue weighted by molar-refractivity contribution is -0.121. The molecule has 0 aromatic carbocycles. The summed E-state index contributed by atoms with van der Waals surface area (Å²) < 4.78 is 6.85. The predicted molar refractivity (Wildman–Crippen MR) is 61.1 cm³/mol. The van der Waals surface area contributed by atoms with Crippen molar-refractivity contribution in [1.82, 2.24) is 15.1 Å². The highest BCUT2D eigenvalue weighted by Gasteiger charge is 2.03. The molecule has 0 aliphatic rings. The summed E-state index contributed by atoms with van der Waals surface area (Å²) in [6, 6.07) is 1.88. The molecule has 0 saturated carbocycles. The molecule has 90 valence electrons. The topological polar surface area (TPSA) is 56.1 Å². The van der Waals surface area contributed by atoms with Crippen LogP contribution in [0.2, 0.25) is 0 Å². The van der Waals surface area contributed by atoms with E-state index in [2.05, 4.69) is 10.4 Å². The minimum Gasteiger partial charge on any atom is -0.382 e. The number of nitrogens with zero attached hydrogens (tertiary/aromatic N) is 2. The molecule has 5 nitrogen and oxygen atoms in total. The Morgan fingerprint density at radius 3 is 3.06 bits per heavy atom. The van der Waals surface area contributed by atoms with E-state index in [4.69, 9.17) is 4.74 Å². The molecule has 0 aliphatic heterocycles. The first kappa shape index (κ1) is 12.7. The van der Waals surface area contributed by atoms with Crippen LogP contribution in [0.25, 0.3) is 0 Å². The monoisotopic (exact) mass is 225 g/mol. The van der Waals surface area contributed by atoms with Crippen molar-refractivity contribution in [1.29, 1.82) is 0 Å². The van der Waals surface area contributed by atoms with Crippen molar-refractivity contribution in [3.8, 4) is 0 Å². The molecule has 1 rings (SSSR count). The number of hydrogen-bond acceptors (Lipinski definition) is 3. The van der Waals surface area contributed by atoms with Gasteiger partial charge < -0.3 is 10.1 Å². The molecule has 1 amide bonds. The van der Waals surface area contributed by atoms with E-state index in [0.717, 1.165) is 18.7 Å². The standard InChI is InChI=1S/C11H19N3O2/c1-3-16-8-4-6-12-11(15)9-14-10(2)5-7-13-14/h5,7H,3-4,6,8-9H2,1-2H3,(H,12,15). The van der Waals surface area contributed by atoms with Gasteiger partial charge in [0.15, 0.2) is 0 Å². The lowest BCUT2D eigenvalue weighted by atomic mass is 10.4. The van der Waals surface area contributed by atoms with Crippen molar-refractivity contribution in [2.45, 2.75) is 26.8 Å². The third-order valence-corrected chi connectivity index (χ3v) is 2.21. The number of aryl methyl sites for hydroxylation is 1. The summed E-state index contributed by atoms with van der Waals surface area (Å²) in [4.78, 5) is 11.5. The molecular weight excluding hydrogens is 206 g/mol. The smallest absolute Gasteiger partial charge is 0.241 e. The van der Waals surface area contributed by atoms with Gasteiger partial charge in [-0.15, -0.1) is 0 Å². The molecule has 0 radical (unpaired) electrons. The lowest BCUT2D eigenvalue weighted by Gasteiger charge is -2.06. The van der Waals surface area contributed by atoms with Crippen LogP contribution < -0.4 is 5.32 Å². The van der Waals surface area contributed by atoms with Gasteiger partial charge in [-0.05, 0) is 26.3 Å². The Kier molecular flexibility index (Phi) is 5.56. The Morgan fingerprint density at radius 1 is 1.62 bits per heavy atom. The summed E-state index contributed by atoms with van der Waals surface area (Å²) in [6.07, 6.45) is 2.54. The Bertz CT molecular complexity index is 323. The summed E-state index contributed by atoms with van der Waals surface area (Å²) in [5.74, 6) is -0.0108. The molecule has 0 spiro atoms. The van der Waals surface area contributed by atoms with E-state index in [9.17, 15) is 4.79 Å². The number of ether oxygens (including phenoxy) is 1. The molecule has 0 saturated heterocycles. The Hall–Kier alpha value is -1.36. The number of carbonyl (C=O) groups excluding carboxylic acids is 1. The van der Waals surface area contributed by atoms with Crippen molar-refractivity contribution in [3.05, 3.63) is 18.0 Å². The van der Waals surface area contributed by atoms with Gasteiger partial charge in [-0.1, -0.05) is 0 Å². The lowest BCUT2D eigenvalue weighted by Crippen LogP contribution is -2.29. The second-order valence-corrected chi connectivity index (χ2v) is 3.53. The second-order valence-electron chi connectivity index (χ2n) is 3.53. The van der Waals surface area contributed by atoms with Gasteiger partial charge in [-0.25, -0.2) is 0 Å². The first-order chi connectivity index (χ1) is 7.74. The third kappa shape index (κ3) is 4.44. The highest BCUT2D eigenvalue weighted by molar-refractivity contribution is 5.75. The maximum Gasteiger partial charge on any atom is 0.241 e. The van der Waals surface area contributed by atoms with Crippen LogP contribution in [0.5, 0.6) is 0 Å². The number of aromatic nitrogens is 2. The molecule has 5 heteroatoms. The fraction of sp³-hybridized carbons (Fsp3) is 0.636. The Labute approximate surface area is 95.8 Å². The first-order valence-electron chi connectivity index (χ1n) is 5.57. The van der Waals surface area contributed by atoms with Crippen LogP contribution in [0.15, 0.2) is 12.3 Å². The summed E-state index contributed by atoms with van der Waals surface area (Å²) in [5, 5.41) is 6.87. The maximum atomic E-state index is 11.5. The minimum absolute atomic E-state index is 0.0108. The summed E-state index contributed by atoms with van der Waals surface area (Å²) in [5.41, 5.74) is 0.990. The fourth-order valence-electron chi connectivity index (χ4n) is 1.30. The van der Waals surface area contributed by atoms with Crippen LogP contribution in [0.1, 0.15) is 19.0 Å². The molecule has 0 unspecified atom stereocenters. The molecule has 1 N–H and O–H groups in total. The predicted octanol–water partition coefficient (Wildman–Crippen LogP) is 0.734. The van der Waals surface area contributed by atoms with E-state index in [1.165, 1.54) is 0 Å². The van der Waals surface area contributed by atoms with E-state index in [0.29, 0.717) is 13.2 Å². The van der Waals surface area contributed by atoms with E-state index in [1.807, 2.05) is 19.9 Å². The van der Waals surface area contributed by atoms with Gasteiger partial charge >= 0.3 is 0 Å². The van der Waals surface area contributed by atoms with Gasteiger partial charge in [0.05, 0.1) is 0 Å². The number of nitrogens with one attached hydrogen (secondary N) is 1. The first-order valence-corrected chi connectivity index (χ1v) is 5.57. The zero-order valence-electron chi connectivity index (χ0n) is 9.90. The average molecular weight is 225 g/mol. The molecule has 1 aromatic heterocycles. The highest BCUT2D eigenvalue weighted by atomic mass is 16.5. The third-order valence-electron chi connectivity index (χ3n) is 2.21. The average Bonchev–Trinajstić information content (AvgIpc) is 2.64. The van der Waals surface area contributed by atoms with Gasteiger partial charge in [-0.2, -0.15) is 5.10 Å². The van der Waals surface area contributed by atoms with Crippen molar-refractivity contribution in [2.75, 3.05) is 19.8 Å². The van der Waals surface area contributed by atoms with Crippen LogP contribution in [-0.2, 0) is 16.1 Å². The zero-order valence-corrected chi connectivity index (χ0v) is 9.90. The van der Waals surface area contributed by atoms with Crippen molar-refractivity contribution in [3.63, 3.8) is 0 Å². The van der Waals surface area contributed by atoms with Crippen molar-refractivity contribution in [2.24, 2.45) is 0 Å². The van der Waals surface area contributed by atoms with E-state index >= 15 is 0 Å². The van der Waals surface area contributed by atoms with Gasteiger partial charge in [-0.3, -0.25) is 9.48 Å². The highest BCUT2D eigenvalue weighted by Crippen LogP contribution is 1.94. The SMILES string of the molecule is CCOCCCNC(=O)Cn1nccc1C. The number of amides is 1. The number of carbonyl (C=O) groups is 1. The molecule has 0 bridgehead atoms. The summed E-state index contributed by atoms with van der Waals surface area (Å²) >= 11 is 0. The van der Waals surface area contributed by atoms with Gasteiger partial charge in [0, 0.05) is 31.6 Å². The molecule has 1 aromatic rings.